The lowest BCUT2D eigenvalue weighted by atomic mass is 10.1. The van der Waals surface area contributed by atoms with Crippen molar-refractivity contribution in [3.05, 3.63) is 52.5 Å². The van der Waals surface area contributed by atoms with Crippen molar-refractivity contribution in [1.29, 1.82) is 0 Å². The van der Waals surface area contributed by atoms with E-state index < -0.39 is 0 Å². The molecular formula is C17H18ClNO4. The van der Waals surface area contributed by atoms with Crippen molar-refractivity contribution in [3.63, 3.8) is 0 Å². The summed E-state index contributed by atoms with van der Waals surface area (Å²) in [4.78, 5) is 12.0. The summed E-state index contributed by atoms with van der Waals surface area (Å²) in [6, 6.07) is 10.5. The molecule has 1 amide bonds. The molecule has 0 unspecified atom stereocenters. The Morgan fingerprint density at radius 1 is 1.13 bits per heavy atom. The summed E-state index contributed by atoms with van der Waals surface area (Å²) in [5.74, 6) is 0.397. The fourth-order valence-electron chi connectivity index (χ4n) is 2.15. The van der Waals surface area contributed by atoms with Gasteiger partial charge in [0.2, 0.25) is 11.7 Å². The van der Waals surface area contributed by atoms with Crippen molar-refractivity contribution >= 4 is 17.5 Å². The molecule has 0 aromatic heterocycles. The van der Waals surface area contributed by atoms with Crippen LogP contribution in [-0.2, 0) is 17.8 Å². The highest BCUT2D eigenvalue weighted by Gasteiger charge is 2.12. The van der Waals surface area contributed by atoms with Crippen LogP contribution in [0.4, 0.5) is 0 Å². The number of hydrogen-bond acceptors (Lipinski definition) is 4. The van der Waals surface area contributed by atoms with Crippen LogP contribution >= 0.6 is 11.6 Å². The maximum Gasteiger partial charge on any atom is 0.224 e. The Kier molecular flexibility index (Phi) is 5.71. The molecule has 0 heterocycles. The highest BCUT2D eigenvalue weighted by molar-refractivity contribution is 6.30. The van der Waals surface area contributed by atoms with E-state index in [2.05, 4.69) is 5.32 Å². The van der Waals surface area contributed by atoms with E-state index in [4.69, 9.17) is 21.1 Å². The number of methoxy groups -OCH3 is 2. The van der Waals surface area contributed by atoms with Crippen molar-refractivity contribution in [2.45, 2.75) is 13.0 Å². The van der Waals surface area contributed by atoms with E-state index in [0.717, 1.165) is 11.1 Å². The SMILES string of the molecule is COc1cc(CNC(=O)Cc2cccc(Cl)c2)cc(OC)c1O. The second-order valence-electron chi connectivity index (χ2n) is 4.93. The first-order valence-electron chi connectivity index (χ1n) is 6.98. The maximum absolute atomic E-state index is 12.0. The van der Waals surface area contributed by atoms with Crippen molar-refractivity contribution < 1.29 is 19.4 Å². The van der Waals surface area contributed by atoms with Crippen molar-refractivity contribution in [3.8, 4) is 17.2 Å². The van der Waals surface area contributed by atoms with Gasteiger partial charge in [-0.1, -0.05) is 23.7 Å². The van der Waals surface area contributed by atoms with Gasteiger partial charge in [-0.25, -0.2) is 0 Å². The van der Waals surface area contributed by atoms with E-state index in [1.807, 2.05) is 6.07 Å². The molecule has 0 radical (unpaired) electrons. The van der Waals surface area contributed by atoms with E-state index in [1.54, 1.807) is 30.3 Å². The lowest BCUT2D eigenvalue weighted by molar-refractivity contribution is -0.120. The second-order valence-corrected chi connectivity index (χ2v) is 5.37. The molecule has 0 bridgehead atoms. The molecule has 0 fully saturated rings. The predicted octanol–water partition coefficient (Wildman–Crippen LogP) is 2.92. The van der Waals surface area contributed by atoms with Crippen LogP contribution in [0, 0.1) is 0 Å². The Morgan fingerprint density at radius 3 is 2.35 bits per heavy atom. The van der Waals surface area contributed by atoms with Crippen LogP contribution in [-0.4, -0.2) is 25.2 Å². The van der Waals surface area contributed by atoms with Crippen LogP contribution in [0.2, 0.25) is 5.02 Å². The molecule has 2 N–H and O–H groups in total. The Hall–Kier alpha value is -2.40. The molecule has 0 atom stereocenters. The van der Waals surface area contributed by atoms with Gasteiger partial charge in [0, 0.05) is 11.6 Å². The Balaban J connectivity index is 2.01. The van der Waals surface area contributed by atoms with Gasteiger partial charge in [-0.3, -0.25) is 4.79 Å². The third-order valence-electron chi connectivity index (χ3n) is 3.28. The highest BCUT2D eigenvalue weighted by Crippen LogP contribution is 2.36. The summed E-state index contributed by atoms with van der Waals surface area (Å²) in [5.41, 5.74) is 1.60. The van der Waals surface area contributed by atoms with Gasteiger partial charge in [-0.15, -0.1) is 0 Å². The van der Waals surface area contributed by atoms with E-state index >= 15 is 0 Å². The Morgan fingerprint density at radius 2 is 1.78 bits per heavy atom. The van der Waals surface area contributed by atoms with Crippen LogP contribution in [0.1, 0.15) is 11.1 Å². The van der Waals surface area contributed by atoms with Crippen LogP contribution in [0.15, 0.2) is 36.4 Å². The number of carbonyl (C=O) groups is 1. The first kappa shape index (κ1) is 17.0. The lowest BCUT2D eigenvalue weighted by Crippen LogP contribution is -2.24. The Labute approximate surface area is 139 Å². The first-order chi connectivity index (χ1) is 11.0. The van der Waals surface area contributed by atoms with Gasteiger partial charge in [0.1, 0.15) is 0 Å². The van der Waals surface area contributed by atoms with Crippen molar-refractivity contribution in [2.24, 2.45) is 0 Å². The largest absolute Gasteiger partial charge is 0.502 e. The molecule has 0 aliphatic carbocycles. The third kappa shape index (κ3) is 4.53. The number of ether oxygens (including phenoxy) is 2. The summed E-state index contributed by atoms with van der Waals surface area (Å²) in [7, 11) is 2.91. The number of phenolic OH excluding ortho intramolecular Hbond substituents is 1. The van der Waals surface area contributed by atoms with E-state index in [1.165, 1.54) is 14.2 Å². The van der Waals surface area contributed by atoms with Crippen LogP contribution in [0.3, 0.4) is 0 Å². The zero-order valence-corrected chi connectivity index (χ0v) is 13.7. The minimum atomic E-state index is -0.127. The second kappa shape index (κ2) is 7.74. The van der Waals surface area contributed by atoms with Gasteiger partial charge in [-0.05, 0) is 35.4 Å². The fraction of sp³-hybridized carbons (Fsp3) is 0.235. The molecule has 5 nitrogen and oxygen atoms in total. The Bertz CT molecular complexity index is 678. The number of carbonyl (C=O) groups excluding carboxylic acids is 1. The lowest BCUT2D eigenvalue weighted by Gasteiger charge is -2.12. The number of phenols is 1. The van der Waals surface area contributed by atoms with Crippen molar-refractivity contribution in [1.82, 2.24) is 5.32 Å². The maximum atomic E-state index is 12.0. The van der Waals surface area contributed by atoms with E-state index in [9.17, 15) is 9.90 Å². The minimum absolute atomic E-state index is 0.0657. The number of aromatic hydroxyl groups is 1. The minimum Gasteiger partial charge on any atom is -0.502 e. The predicted molar refractivity (Wildman–Crippen MR) is 88.2 cm³/mol. The molecule has 0 saturated heterocycles. The zero-order chi connectivity index (χ0) is 16.8. The summed E-state index contributed by atoms with van der Waals surface area (Å²) >= 11 is 5.90. The van der Waals surface area contributed by atoms with Crippen LogP contribution in [0.5, 0.6) is 17.2 Å². The van der Waals surface area contributed by atoms with Gasteiger partial charge in [0.05, 0.1) is 20.6 Å². The average Bonchev–Trinajstić information content (AvgIpc) is 2.53. The van der Waals surface area contributed by atoms with Gasteiger partial charge in [-0.2, -0.15) is 0 Å². The standard InChI is InChI=1S/C17H18ClNO4/c1-22-14-7-12(8-15(23-2)17(14)21)10-19-16(20)9-11-4-3-5-13(18)6-11/h3-8,21H,9-10H2,1-2H3,(H,19,20). The van der Waals surface area contributed by atoms with Gasteiger partial charge in [0.25, 0.3) is 0 Å². The van der Waals surface area contributed by atoms with Crippen LogP contribution < -0.4 is 14.8 Å². The summed E-state index contributed by atoms with van der Waals surface area (Å²) in [6.07, 6.45) is 0.243. The quantitative estimate of drug-likeness (QED) is 0.851. The number of nitrogens with one attached hydrogen (secondary N) is 1. The number of halogens is 1. The van der Waals surface area contributed by atoms with Gasteiger partial charge < -0.3 is 19.9 Å². The average molecular weight is 336 g/mol. The van der Waals surface area contributed by atoms with E-state index in [0.29, 0.717) is 23.1 Å². The number of benzene rings is 2. The number of hydrogen-bond donors (Lipinski definition) is 2. The van der Waals surface area contributed by atoms with Gasteiger partial charge >= 0.3 is 0 Å². The molecule has 0 aliphatic heterocycles. The molecule has 0 saturated carbocycles. The molecule has 2 rings (SSSR count). The molecule has 2 aromatic carbocycles. The van der Waals surface area contributed by atoms with E-state index in [-0.39, 0.29) is 18.1 Å². The number of rotatable bonds is 6. The monoisotopic (exact) mass is 335 g/mol. The fourth-order valence-corrected chi connectivity index (χ4v) is 2.36. The molecule has 0 aliphatic rings. The smallest absolute Gasteiger partial charge is 0.224 e. The molecule has 2 aromatic rings. The van der Waals surface area contributed by atoms with Crippen LogP contribution in [0.25, 0.3) is 0 Å². The molecule has 6 heteroatoms. The van der Waals surface area contributed by atoms with Crippen molar-refractivity contribution in [2.75, 3.05) is 14.2 Å². The summed E-state index contributed by atoms with van der Waals surface area (Å²) in [6.45, 7) is 0.298. The van der Waals surface area contributed by atoms with Gasteiger partial charge in [0.15, 0.2) is 11.5 Å². The molecule has 23 heavy (non-hydrogen) atoms. The zero-order valence-electron chi connectivity index (χ0n) is 12.9. The molecule has 122 valence electrons. The third-order valence-corrected chi connectivity index (χ3v) is 3.52. The molecular weight excluding hydrogens is 318 g/mol. The first-order valence-corrected chi connectivity index (χ1v) is 7.36. The normalized spacial score (nSPS) is 10.2. The number of amides is 1. The highest BCUT2D eigenvalue weighted by atomic mass is 35.5. The summed E-state index contributed by atoms with van der Waals surface area (Å²) in [5, 5.41) is 13.3. The summed E-state index contributed by atoms with van der Waals surface area (Å²) < 4.78 is 10.2. The topological polar surface area (TPSA) is 67.8 Å². The molecule has 0 spiro atoms.